The number of piperazine rings is 1. The van der Waals surface area contributed by atoms with Crippen molar-refractivity contribution < 1.29 is 4.74 Å². The number of hydrogen-bond donors (Lipinski definition) is 0. The summed E-state index contributed by atoms with van der Waals surface area (Å²) in [6, 6.07) is 3.02. The fourth-order valence-electron chi connectivity index (χ4n) is 5.44. The van der Waals surface area contributed by atoms with Crippen LogP contribution >= 0.6 is 11.6 Å². The molecule has 2 bridgehead atoms. The molecule has 4 fully saturated rings. The van der Waals surface area contributed by atoms with E-state index in [4.69, 9.17) is 21.3 Å². The van der Waals surface area contributed by atoms with Gasteiger partial charge in [-0.3, -0.25) is 4.90 Å². The first kappa shape index (κ1) is 16.4. The van der Waals surface area contributed by atoms with E-state index in [0.717, 1.165) is 62.0 Å². The predicted octanol–water partition coefficient (Wildman–Crippen LogP) is 1.88. The van der Waals surface area contributed by atoms with Gasteiger partial charge in [0.15, 0.2) is 5.82 Å². The van der Waals surface area contributed by atoms with E-state index in [1.54, 1.807) is 0 Å². The fraction of sp³-hybridized carbons (Fsp3) is 0.684. The third-order valence-electron chi connectivity index (χ3n) is 6.84. The molecule has 4 saturated heterocycles. The van der Waals surface area contributed by atoms with Gasteiger partial charge in [-0.2, -0.15) is 0 Å². The first-order valence-electron chi connectivity index (χ1n) is 10.1. The zero-order chi connectivity index (χ0) is 18.1. The Morgan fingerprint density at radius 2 is 2.07 bits per heavy atom. The standard InChI is InChI=1S/C19H25ClN6O/c1-23-15-8-16(20)21-18(26-10-14-7-13(26)11-27-14)17(15)22-19(23)25-6-5-24-4-2-3-12(24)9-25/h8,12-14H,2-7,9-11H2,1H3/t12-,13+,14+/m0/s1. The van der Waals surface area contributed by atoms with Gasteiger partial charge in [0.25, 0.3) is 0 Å². The predicted molar refractivity (Wildman–Crippen MR) is 106 cm³/mol. The highest BCUT2D eigenvalue weighted by atomic mass is 35.5. The normalized spacial score (nSPS) is 30.7. The van der Waals surface area contributed by atoms with Gasteiger partial charge >= 0.3 is 0 Å². The van der Waals surface area contributed by atoms with Crippen molar-refractivity contribution in [3.8, 4) is 0 Å². The number of imidazole rings is 1. The highest BCUT2D eigenvalue weighted by Gasteiger charge is 2.41. The molecule has 0 aliphatic carbocycles. The number of halogens is 1. The van der Waals surface area contributed by atoms with Gasteiger partial charge in [-0.1, -0.05) is 11.6 Å². The van der Waals surface area contributed by atoms with Crippen molar-refractivity contribution in [2.24, 2.45) is 7.05 Å². The van der Waals surface area contributed by atoms with Crippen LogP contribution in [-0.4, -0.2) is 77.0 Å². The average Bonchev–Trinajstić information content (AvgIpc) is 3.44. The Kier molecular flexibility index (Phi) is 3.62. The number of anilines is 2. The second-order valence-corrected chi connectivity index (χ2v) is 8.77. The molecule has 4 aliphatic rings. The summed E-state index contributed by atoms with van der Waals surface area (Å²) in [6.45, 7) is 6.16. The Morgan fingerprint density at radius 3 is 2.89 bits per heavy atom. The SMILES string of the molecule is Cn1c(N2CCN3CCC[C@H]3C2)nc2c(N3C[C@H]4C[C@@H]3CO4)nc(Cl)cc21. The van der Waals surface area contributed by atoms with Gasteiger partial charge in [0.05, 0.1) is 24.3 Å². The smallest absolute Gasteiger partial charge is 0.206 e. The molecule has 144 valence electrons. The van der Waals surface area contributed by atoms with Gasteiger partial charge in [0, 0.05) is 45.3 Å². The number of ether oxygens (including phenoxy) is 1. The Bertz CT molecular complexity index is 900. The van der Waals surface area contributed by atoms with Crippen molar-refractivity contribution >= 4 is 34.4 Å². The molecule has 0 unspecified atom stereocenters. The number of morpholine rings is 1. The molecule has 0 spiro atoms. The van der Waals surface area contributed by atoms with Gasteiger partial charge in [0.2, 0.25) is 5.95 Å². The molecule has 0 amide bonds. The van der Waals surface area contributed by atoms with Crippen LogP contribution in [0.3, 0.4) is 0 Å². The molecule has 7 nitrogen and oxygen atoms in total. The van der Waals surface area contributed by atoms with Crippen LogP contribution in [0.15, 0.2) is 6.07 Å². The summed E-state index contributed by atoms with van der Waals surface area (Å²) in [5.74, 6) is 1.97. The first-order valence-corrected chi connectivity index (χ1v) is 10.5. The van der Waals surface area contributed by atoms with Crippen molar-refractivity contribution in [2.75, 3.05) is 49.1 Å². The Hall–Kier alpha value is -1.57. The molecule has 3 atom stereocenters. The topological polar surface area (TPSA) is 49.7 Å². The summed E-state index contributed by atoms with van der Waals surface area (Å²) < 4.78 is 7.97. The third-order valence-corrected chi connectivity index (χ3v) is 7.03. The fourth-order valence-corrected chi connectivity index (χ4v) is 5.63. The molecule has 27 heavy (non-hydrogen) atoms. The van der Waals surface area contributed by atoms with Crippen LogP contribution in [0.1, 0.15) is 19.3 Å². The lowest BCUT2D eigenvalue weighted by atomic mass is 10.2. The molecule has 0 radical (unpaired) electrons. The number of aryl methyl sites for hydroxylation is 1. The van der Waals surface area contributed by atoms with E-state index in [-0.39, 0.29) is 0 Å². The lowest BCUT2D eigenvalue weighted by molar-refractivity contribution is 0.0990. The van der Waals surface area contributed by atoms with Crippen LogP contribution in [0, 0.1) is 0 Å². The highest BCUT2D eigenvalue weighted by Crippen LogP contribution is 2.37. The van der Waals surface area contributed by atoms with Crippen molar-refractivity contribution in [1.29, 1.82) is 0 Å². The maximum absolute atomic E-state index is 6.41. The van der Waals surface area contributed by atoms with Crippen LogP contribution in [0.5, 0.6) is 0 Å². The van der Waals surface area contributed by atoms with Crippen LogP contribution in [-0.2, 0) is 11.8 Å². The monoisotopic (exact) mass is 388 g/mol. The number of hydrogen-bond acceptors (Lipinski definition) is 6. The minimum Gasteiger partial charge on any atom is -0.374 e. The van der Waals surface area contributed by atoms with Crippen molar-refractivity contribution in [3.05, 3.63) is 11.2 Å². The third kappa shape index (κ3) is 2.48. The summed E-state index contributed by atoms with van der Waals surface area (Å²) in [6.07, 6.45) is 4.03. The molecule has 8 heteroatoms. The van der Waals surface area contributed by atoms with E-state index in [1.807, 2.05) is 6.07 Å². The molecule has 0 N–H and O–H groups in total. The van der Waals surface area contributed by atoms with Gasteiger partial charge in [-0.15, -0.1) is 0 Å². The number of nitrogens with zero attached hydrogens (tertiary/aromatic N) is 6. The first-order chi connectivity index (χ1) is 13.2. The Balaban J connectivity index is 1.41. The van der Waals surface area contributed by atoms with E-state index < -0.39 is 0 Å². The average molecular weight is 389 g/mol. The van der Waals surface area contributed by atoms with Gasteiger partial charge in [-0.05, 0) is 25.8 Å². The van der Waals surface area contributed by atoms with Crippen molar-refractivity contribution in [2.45, 2.75) is 37.5 Å². The number of aromatic nitrogens is 3. The second kappa shape index (κ2) is 5.96. The molecule has 6 heterocycles. The summed E-state index contributed by atoms with van der Waals surface area (Å²) >= 11 is 6.41. The second-order valence-electron chi connectivity index (χ2n) is 8.38. The van der Waals surface area contributed by atoms with Gasteiger partial charge in [0.1, 0.15) is 10.7 Å². The summed E-state index contributed by atoms with van der Waals surface area (Å²) in [5, 5.41) is 0.538. The minimum absolute atomic E-state index is 0.324. The van der Waals surface area contributed by atoms with E-state index in [1.165, 1.54) is 19.4 Å². The van der Waals surface area contributed by atoms with E-state index >= 15 is 0 Å². The molecule has 0 saturated carbocycles. The number of rotatable bonds is 2. The van der Waals surface area contributed by atoms with E-state index in [0.29, 0.717) is 23.3 Å². The molecule has 0 aromatic carbocycles. The molecule has 6 rings (SSSR count). The molecule has 2 aromatic rings. The zero-order valence-corrected chi connectivity index (χ0v) is 16.4. The molecule has 4 aliphatic heterocycles. The highest BCUT2D eigenvalue weighted by molar-refractivity contribution is 6.30. The maximum atomic E-state index is 6.41. The molecule has 2 aromatic heterocycles. The lowest BCUT2D eigenvalue weighted by Crippen LogP contribution is -2.50. The number of fused-ring (bicyclic) bond motifs is 4. The number of pyridine rings is 1. The van der Waals surface area contributed by atoms with Crippen LogP contribution in [0.4, 0.5) is 11.8 Å². The quantitative estimate of drug-likeness (QED) is 0.732. The maximum Gasteiger partial charge on any atom is 0.206 e. The Labute approximate surface area is 163 Å². The van der Waals surface area contributed by atoms with Crippen LogP contribution < -0.4 is 9.80 Å². The van der Waals surface area contributed by atoms with Crippen molar-refractivity contribution in [1.82, 2.24) is 19.4 Å². The largest absolute Gasteiger partial charge is 0.374 e. The molecular formula is C19H25ClN6O. The van der Waals surface area contributed by atoms with Gasteiger partial charge in [-0.25, -0.2) is 9.97 Å². The summed E-state index contributed by atoms with van der Waals surface area (Å²) in [7, 11) is 2.10. The molecular weight excluding hydrogens is 364 g/mol. The van der Waals surface area contributed by atoms with Gasteiger partial charge < -0.3 is 19.1 Å². The van der Waals surface area contributed by atoms with Crippen molar-refractivity contribution in [3.63, 3.8) is 0 Å². The Morgan fingerprint density at radius 1 is 1.15 bits per heavy atom. The van der Waals surface area contributed by atoms with Crippen LogP contribution in [0.2, 0.25) is 5.15 Å². The van der Waals surface area contributed by atoms with Crippen LogP contribution in [0.25, 0.3) is 11.0 Å². The lowest BCUT2D eigenvalue weighted by Gasteiger charge is -2.37. The van der Waals surface area contributed by atoms with E-state index in [2.05, 4.69) is 31.3 Å². The summed E-state index contributed by atoms with van der Waals surface area (Å²) in [5.41, 5.74) is 2.04. The van der Waals surface area contributed by atoms with E-state index in [9.17, 15) is 0 Å². The zero-order valence-electron chi connectivity index (χ0n) is 15.6. The summed E-state index contributed by atoms with van der Waals surface area (Å²) in [4.78, 5) is 17.2. The minimum atomic E-state index is 0.324.